The van der Waals surface area contributed by atoms with E-state index < -0.39 is 0 Å². The Labute approximate surface area is 71.8 Å². The van der Waals surface area contributed by atoms with Crippen LogP contribution in [0.4, 0.5) is 0 Å². The van der Waals surface area contributed by atoms with Crippen LogP contribution in [0.25, 0.3) is 0 Å². The van der Waals surface area contributed by atoms with E-state index in [9.17, 15) is 0 Å². The zero-order valence-corrected chi connectivity index (χ0v) is 7.32. The third-order valence-corrected chi connectivity index (χ3v) is 1.41. The van der Waals surface area contributed by atoms with Crippen molar-refractivity contribution in [3.8, 4) is 5.88 Å². The molecule has 4 heteroatoms. The SMILES string of the molecule is CCOc1cnc(C(C)N)cn1. The second-order valence-electron chi connectivity index (χ2n) is 2.50. The number of hydrogen-bond acceptors (Lipinski definition) is 4. The van der Waals surface area contributed by atoms with Crippen molar-refractivity contribution in [3.05, 3.63) is 18.1 Å². The second-order valence-corrected chi connectivity index (χ2v) is 2.50. The summed E-state index contributed by atoms with van der Waals surface area (Å²) in [4.78, 5) is 8.11. The van der Waals surface area contributed by atoms with Crippen LogP contribution in [-0.4, -0.2) is 16.6 Å². The van der Waals surface area contributed by atoms with E-state index in [1.165, 1.54) is 0 Å². The first kappa shape index (κ1) is 8.93. The van der Waals surface area contributed by atoms with Crippen molar-refractivity contribution >= 4 is 0 Å². The van der Waals surface area contributed by atoms with Crippen LogP contribution >= 0.6 is 0 Å². The van der Waals surface area contributed by atoms with Crippen LogP contribution in [0.3, 0.4) is 0 Å². The Kier molecular flexibility index (Phi) is 2.99. The average molecular weight is 167 g/mol. The molecular formula is C8H13N3O. The number of rotatable bonds is 3. The van der Waals surface area contributed by atoms with Gasteiger partial charge < -0.3 is 10.5 Å². The van der Waals surface area contributed by atoms with Gasteiger partial charge in [0.2, 0.25) is 5.88 Å². The molecule has 4 nitrogen and oxygen atoms in total. The highest BCUT2D eigenvalue weighted by molar-refractivity contribution is 5.09. The zero-order chi connectivity index (χ0) is 8.97. The summed E-state index contributed by atoms with van der Waals surface area (Å²) in [5.41, 5.74) is 6.37. The molecule has 1 aromatic rings. The molecule has 1 unspecified atom stereocenters. The summed E-state index contributed by atoms with van der Waals surface area (Å²) >= 11 is 0. The van der Waals surface area contributed by atoms with E-state index in [1.54, 1.807) is 12.4 Å². The summed E-state index contributed by atoms with van der Waals surface area (Å²) in [6.45, 7) is 4.37. The van der Waals surface area contributed by atoms with Crippen molar-refractivity contribution in [2.24, 2.45) is 5.73 Å². The molecule has 0 saturated carbocycles. The predicted octanol–water partition coefficient (Wildman–Crippen LogP) is 0.895. The molecule has 1 aromatic heterocycles. The lowest BCUT2D eigenvalue weighted by atomic mass is 10.3. The van der Waals surface area contributed by atoms with Gasteiger partial charge in [0.05, 0.1) is 24.7 Å². The predicted molar refractivity (Wildman–Crippen MR) is 45.8 cm³/mol. The third kappa shape index (κ3) is 2.17. The van der Waals surface area contributed by atoms with E-state index in [0.717, 1.165) is 5.69 Å². The molecule has 0 aliphatic carbocycles. The van der Waals surface area contributed by atoms with Crippen molar-refractivity contribution in [3.63, 3.8) is 0 Å². The number of nitrogens with zero attached hydrogens (tertiary/aromatic N) is 2. The van der Waals surface area contributed by atoms with E-state index in [0.29, 0.717) is 12.5 Å². The summed E-state index contributed by atoms with van der Waals surface area (Å²) in [6.07, 6.45) is 3.22. The first-order valence-electron chi connectivity index (χ1n) is 3.94. The summed E-state index contributed by atoms with van der Waals surface area (Å²) in [7, 11) is 0. The molecule has 0 aliphatic rings. The fraction of sp³-hybridized carbons (Fsp3) is 0.500. The summed E-state index contributed by atoms with van der Waals surface area (Å²) in [5, 5.41) is 0. The molecule has 0 spiro atoms. The molecule has 0 fully saturated rings. The molecule has 0 bridgehead atoms. The van der Waals surface area contributed by atoms with Gasteiger partial charge in [0.25, 0.3) is 0 Å². The topological polar surface area (TPSA) is 61.0 Å². The molecule has 0 amide bonds. The molecule has 2 N–H and O–H groups in total. The molecule has 1 rings (SSSR count). The zero-order valence-electron chi connectivity index (χ0n) is 7.32. The van der Waals surface area contributed by atoms with Crippen LogP contribution in [0.15, 0.2) is 12.4 Å². The quantitative estimate of drug-likeness (QED) is 0.726. The maximum Gasteiger partial charge on any atom is 0.232 e. The Morgan fingerprint density at radius 1 is 1.50 bits per heavy atom. The van der Waals surface area contributed by atoms with Gasteiger partial charge in [-0.3, -0.25) is 4.98 Å². The molecule has 0 radical (unpaired) electrons. The summed E-state index contributed by atoms with van der Waals surface area (Å²) in [6, 6.07) is -0.0758. The van der Waals surface area contributed by atoms with E-state index in [1.807, 2.05) is 13.8 Å². The van der Waals surface area contributed by atoms with Crippen molar-refractivity contribution in [2.75, 3.05) is 6.61 Å². The first-order chi connectivity index (χ1) is 5.74. The number of aromatic nitrogens is 2. The minimum atomic E-state index is -0.0758. The van der Waals surface area contributed by atoms with Gasteiger partial charge in [0.15, 0.2) is 0 Å². The van der Waals surface area contributed by atoms with Crippen molar-refractivity contribution < 1.29 is 4.74 Å². The number of ether oxygens (including phenoxy) is 1. The lowest BCUT2D eigenvalue weighted by Gasteiger charge is -2.04. The van der Waals surface area contributed by atoms with Crippen LogP contribution in [0.1, 0.15) is 25.6 Å². The second kappa shape index (κ2) is 4.01. The van der Waals surface area contributed by atoms with Crippen LogP contribution in [0.5, 0.6) is 5.88 Å². The molecule has 0 saturated heterocycles. The highest BCUT2D eigenvalue weighted by Gasteiger charge is 2.01. The van der Waals surface area contributed by atoms with Gasteiger partial charge in [-0.05, 0) is 13.8 Å². The van der Waals surface area contributed by atoms with Gasteiger partial charge in [-0.2, -0.15) is 0 Å². The summed E-state index contributed by atoms with van der Waals surface area (Å²) in [5.74, 6) is 0.543. The highest BCUT2D eigenvalue weighted by Crippen LogP contribution is 2.07. The molecule has 0 aliphatic heterocycles. The maximum absolute atomic E-state index is 5.59. The Balaban J connectivity index is 2.71. The molecule has 66 valence electrons. The number of nitrogens with two attached hydrogens (primary N) is 1. The lowest BCUT2D eigenvalue weighted by Crippen LogP contribution is -2.08. The Morgan fingerprint density at radius 3 is 2.67 bits per heavy atom. The van der Waals surface area contributed by atoms with Crippen molar-refractivity contribution in [2.45, 2.75) is 19.9 Å². The minimum absolute atomic E-state index is 0.0758. The average Bonchev–Trinajstić information content (AvgIpc) is 2.06. The first-order valence-corrected chi connectivity index (χ1v) is 3.94. The fourth-order valence-corrected chi connectivity index (χ4v) is 0.784. The minimum Gasteiger partial charge on any atom is -0.477 e. The largest absolute Gasteiger partial charge is 0.477 e. The Hall–Kier alpha value is -1.16. The maximum atomic E-state index is 5.59. The van der Waals surface area contributed by atoms with E-state index in [-0.39, 0.29) is 6.04 Å². The summed E-state index contributed by atoms with van der Waals surface area (Å²) < 4.78 is 5.13. The van der Waals surface area contributed by atoms with Crippen LogP contribution in [0, 0.1) is 0 Å². The molecule has 1 atom stereocenters. The van der Waals surface area contributed by atoms with E-state index >= 15 is 0 Å². The van der Waals surface area contributed by atoms with E-state index in [2.05, 4.69) is 9.97 Å². The molecule has 0 aromatic carbocycles. The van der Waals surface area contributed by atoms with Crippen LogP contribution < -0.4 is 10.5 Å². The smallest absolute Gasteiger partial charge is 0.232 e. The van der Waals surface area contributed by atoms with Crippen molar-refractivity contribution in [1.29, 1.82) is 0 Å². The van der Waals surface area contributed by atoms with Crippen LogP contribution in [0.2, 0.25) is 0 Å². The standard InChI is InChI=1S/C8H13N3O/c1-3-12-8-5-10-7(4-11-8)6(2)9/h4-6H,3,9H2,1-2H3. The van der Waals surface area contributed by atoms with Gasteiger partial charge in [0.1, 0.15) is 0 Å². The Bertz CT molecular complexity index is 233. The van der Waals surface area contributed by atoms with Gasteiger partial charge >= 0.3 is 0 Å². The fourth-order valence-electron chi connectivity index (χ4n) is 0.784. The van der Waals surface area contributed by atoms with Gasteiger partial charge in [-0.1, -0.05) is 0 Å². The third-order valence-electron chi connectivity index (χ3n) is 1.41. The van der Waals surface area contributed by atoms with E-state index in [4.69, 9.17) is 10.5 Å². The molecule has 12 heavy (non-hydrogen) atoms. The highest BCUT2D eigenvalue weighted by atomic mass is 16.5. The normalized spacial score (nSPS) is 12.6. The number of hydrogen-bond donors (Lipinski definition) is 1. The molecular weight excluding hydrogens is 154 g/mol. The monoisotopic (exact) mass is 167 g/mol. The molecule has 1 heterocycles. The van der Waals surface area contributed by atoms with Crippen LogP contribution in [-0.2, 0) is 0 Å². The van der Waals surface area contributed by atoms with Gasteiger partial charge in [-0.25, -0.2) is 4.98 Å². The van der Waals surface area contributed by atoms with Crippen molar-refractivity contribution in [1.82, 2.24) is 9.97 Å². The Morgan fingerprint density at radius 2 is 2.25 bits per heavy atom. The lowest BCUT2D eigenvalue weighted by molar-refractivity contribution is 0.324. The van der Waals surface area contributed by atoms with Gasteiger partial charge in [0, 0.05) is 6.04 Å². The van der Waals surface area contributed by atoms with Gasteiger partial charge in [-0.15, -0.1) is 0 Å².